The molecule has 0 aliphatic carbocycles. The lowest BCUT2D eigenvalue weighted by Crippen LogP contribution is -2.24. The summed E-state index contributed by atoms with van der Waals surface area (Å²) in [5.74, 6) is 0. The SMILES string of the molecule is CCNCc1csc2c1C(C)(C)OC2(C)C. The number of ether oxygens (including phenoxy) is 1. The van der Waals surface area contributed by atoms with Gasteiger partial charge in [-0.05, 0) is 45.2 Å². The van der Waals surface area contributed by atoms with Crippen LogP contribution < -0.4 is 5.32 Å². The molecule has 0 saturated heterocycles. The molecule has 0 unspecified atom stereocenters. The Kier molecular flexibility index (Phi) is 2.89. The number of hydrogen-bond acceptors (Lipinski definition) is 3. The number of hydrogen-bond donors (Lipinski definition) is 1. The van der Waals surface area contributed by atoms with Gasteiger partial charge in [-0.15, -0.1) is 11.3 Å². The summed E-state index contributed by atoms with van der Waals surface area (Å²) in [6.07, 6.45) is 0. The van der Waals surface area contributed by atoms with Crippen LogP contribution in [0.3, 0.4) is 0 Å². The second-order valence-electron chi connectivity index (χ2n) is 5.37. The molecule has 1 aromatic heterocycles. The maximum Gasteiger partial charge on any atom is 0.0982 e. The first-order valence-electron chi connectivity index (χ1n) is 5.90. The van der Waals surface area contributed by atoms with Crippen molar-refractivity contribution in [3.8, 4) is 0 Å². The third-order valence-corrected chi connectivity index (χ3v) is 4.43. The zero-order valence-corrected chi connectivity index (χ0v) is 11.6. The molecule has 0 atom stereocenters. The summed E-state index contributed by atoms with van der Waals surface area (Å²) in [6.45, 7) is 12.8. The van der Waals surface area contributed by atoms with Gasteiger partial charge in [0.15, 0.2) is 0 Å². The van der Waals surface area contributed by atoms with Gasteiger partial charge in [0.2, 0.25) is 0 Å². The van der Waals surface area contributed by atoms with Crippen LogP contribution in [0.25, 0.3) is 0 Å². The lowest BCUT2D eigenvalue weighted by Gasteiger charge is -2.25. The molecule has 0 aromatic carbocycles. The van der Waals surface area contributed by atoms with Crippen LogP contribution in [0.4, 0.5) is 0 Å². The summed E-state index contributed by atoms with van der Waals surface area (Å²) < 4.78 is 6.15. The standard InChI is InChI=1S/C13H21NOS/c1-6-14-7-9-8-16-11-10(9)12(2,3)15-13(11,4)5/h8,14H,6-7H2,1-5H3. The molecule has 90 valence electrons. The highest BCUT2D eigenvalue weighted by Gasteiger charge is 2.45. The van der Waals surface area contributed by atoms with Gasteiger partial charge in [-0.25, -0.2) is 0 Å². The third kappa shape index (κ3) is 1.81. The summed E-state index contributed by atoms with van der Waals surface area (Å²) in [7, 11) is 0. The van der Waals surface area contributed by atoms with Crippen LogP contribution in [-0.4, -0.2) is 6.54 Å². The van der Waals surface area contributed by atoms with E-state index in [1.54, 1.807) is 0 Å². The smallest absolute Gasteiger partial charge is 0.0982 e. The Morgan fingerprint density at radius 3 is 2.56 bits per heavy atom. The first kappa shape index (κ1) is 12.1. The van der Waals surface area contributed by atoms with Crippen LogP contribution in [0.1, 0.15) is 50.6 Å². The van der Waals surface area contributed by atoms with Gasteiger partial charge >= 0.3 is 0 Å². The van der Waals surface area contributed by atoms with Crippen LogP contribution in [0, 0.1) is 0 Å². The van der Waals surface area contributed by atoms with E-state index in [2.05, 4.69) is 45.3 Å². The molecule has 0 spiro atoms. The van der Waals surface area contributed by atoms with Crippen molar-refractivity contribution in [2.24, 2.45) is 0 Å². The van der Waals surface area contributed by atoms with Gasteiger partial charge < -0.3 is 10.1 Å². The second-order valence-corrected chi connectivity index (χ2v) is 6.25. The maximum atomic E-state index is 6.15. The average molecular weight is 239 g/mol. The molecule has 2 nitrogen and oxygen atoms in total. The van der Waals surface area contributed by atoms with E-state index in [0.717, 1.165) is 13.1 Å². The Morgan fingerprint density at radius 2 is 1.94 bits per heavy atom. The molecule has 0 fully saturated rings. The summed E-state index contributed by atoms with van der Waals surface area (Å²) in [5.41, 5.74) is 2.53. The molecular formula is C13H21NOS. The van der Waals surface area contributed by atoms with Crippen molar-refractivity contribution in [3.63, 3.8) is 0 Å². The molecule has 1 aliphatic heterocycles. The fourth-order valence-corrected chi connectivity index (χ4v) is 3.90. The second kappa shape index (κ2) is 3.83. The van der Waals surface area contributed by atoms with E-state index in [1.807, 2.05) is 11.3 Å². The molecule has 0 saturated carbocycles. The van der Waals surface area contributed by atoms with E-state index < -0.39 is 0 Å². The molecule has 0 bridgehead atoms. The predicted octanol–water partition coefficient (Wildman–Crippen LogP) is 3.36. The van der Waals surface area contributed by atoms with E-state index in [1.165, 1.54) is 16.0 Å². The molecule has 3 heteroatoms. The quantitative estimate of drug-likeness (QED) is 0.873. The Balaban J connectivity index is 2.40. The Labute approximate surface area is 102 Å². The fourth-order valence-electron chi connectivity index (χ4n) is 2.62. The lowest BCUT2D eigenvalue weighted by atomic mass is 9.94. The number of nitrogens with one attached hydrogen (secondary N) is 1. The first-order chi connectivity index (χ1) is 7.38. The average Bonchev–Trinajstić information content (AvgIpc) is 2.63. The van der Waals surface area contributed by atoms with Gasteiger partial charge in [-0.2, -0.15) is 0 Å². The zero-order chi connectivity index (χ0) is 12.0. The van der Waals surface area contributed by atoms with Crippen LogP contribution >= 0.6 is 11.3 Å². The Bertz CT molecular complexity index is 393. The van der Waals surface area contributed by atoms with Crippen molar-refractivity contribution in [1.82, 2.24) is 5.32 Å². The summed E-state index contributed by atoms with van der Waals surface area (Å²) in [4.78, 5) is 1.39. The van der Waals surface area contributed by atoms with Gasteiger partial charge in [0.05, 0.1) is 11.2 Å². The molecule has 1 aliphatic rings. The molecule has 1 N–H and O–H groups in total. The minimum Gasteiger partial charge on any atom is -0.359 e. The summed E-state index contributed by atoms with van der Waals surface area (Å²) in [6, 6.07) is 0. The zero-order valence-electron chi connectivity index (χ0n) is 10.8. The van der Waals surface area contributed by atoms with E-state index in [0.29, 0.717) is 0 Å². The molecule has 0 amide bonds. The minimum atomic E-state index is -0.149. The topological polar surface area (TPSA) is 21.3 Å². The molecule has 2 heterocycles. The van der Waals surface area contributed by atoms with Crippen LogP contribution in [0.2, 0.25) is 0 Å². The van der Waals surface area contributed by atoms with Crippen molar-refractivity contribution in [2.75, 3.05) is 6.54 Å². The Morgan fingerprint density at radius 1 is 1.25 bits per heavy atom. The van der Waals surface area contributed by atoms with Crippen LogP contribution in [0.15, 0.2) is 5.38 Å². The van der Waals surface area contributed by atoms with Crippen molar-refractivity contribution in [2.45, 2.75) is 52.4 Å². The highest BCUT2D eigenvalue weighted by Crippen LogP contribution is 2.50. The van der Waals surface area contributed by atoms with Gasteiger partial charge in [0.25, 0.3) is 0 Å². The summed E-state index contributed by atoms with van der Waals surface area (Å²) in [5, 5.41) is 5.67. The molecule has 16 heavy (non-hydrogen) atoms. The summed E-state index contributed by atoms with van der Waals surface area (Å²) >= 11 is 1.83. The number of thiophene rings is 1. The van der Waals surface area contributed by atoms with Crippen LogP contribution in [-0.2, 0) is 22.5 Å². The van der Waals surface area contributed by atoms with Gasteiger partial charge in [0, 0.05) is 17.0 Å². The van der Waals surface area contributed by atoms with E-state index in [4.69, 9.17) is 4.74 Å². The molecule has 2 rings (SSSR count). The predicted molar refractivity (Wildman–Crippen MR) is 68.8 cm³/mol. The van der Waals surface area contributed by atoms with Gasteiger partial charge in [-0.3, -0.25) is 0 Å². The van der Waals surface area contributed by atoms with E-state index in [9.17, 15) is 0 Å². The molecule has 1 aromatic rings. The highest BCUT2D eigenvalue weighted by molar-refractivity contribution is 7.10. The minimum absolute atomic E-state index is 0.131. The molecular weight excluding hydrogens is 218 g/mol. The van der Waals surface area contributed by atoms with Gasteiger partial charge in [-0.1, -0.05) is 6.92 Å². The fraction of sp³-hybridized carbons (Fsp3) is 0.692. The van der Waals surface area contributed by atoms with Crippen molar-refractivity contribution in [3.05, 3.63) is 21.4 Å². The van der Waals surface area contributed by atoms with Crippen molar-refractivity contribution in [1.29, 1.82) is 0 Å². The maximum absolute atomic E-state index is 6.15. The monoisotopic (exact) mass is 239 g/mol. The van der Waals surface area contributed by atoms with E-state index in [-0.39, 0.29) is 11.2 Å². The largest absolute Gasteiger partial charge is 0.359 e. The third-order valence-electron chi connectivity index (χ3n) is 3.09. The Hall–Kier alpha value is -0.380. The van der Waals surface area contributed by atoms with Gasteiger partial charge in [0.1, 0.15) is 0 Å². The number of rotatable bonds is 3. The number of fused-ring (bicyclic) bond motifs is 1. The van der Waals surface area contributed by atoms with Crippen molar-refractivity contribution < 1.29 is 4.74 Å². The highest BCUT2D eigenvalue weighted by atomic mass is 32.1. The van der Waals surface area contributed by atoms with Crippen molar-refractivity contribution >= 4 is 11.3 Å². The van der Waals surface area contributed by atoms with E-state index >= 15 is 0 Å². The lowest BCUT2D eigenvalue weighted by molar-refractivity contribution is -0.104. The molecule has 0 radical (unpaired) electrons. The van der Waals surface area contributed by atoms with Crippen LogP contribution in [0.5, 0.6) is 0 Å². The normalized spacial score (nSPS) is 21.1. The first-order valence-corrected chi connectivity index (χ1v) is 6.78.